The van der Waals surface area contributed by atoms with E-state index in [2.05, 4.69) is 169 Å². The van der Waals surface area contributed by atoms with Gasteiger partial charge in [-0.15, -0.1) is 0 Å². The lowest BCUT2D eigenvalue weighted by atomic mass is 9.82. The lowest BCUT2D eigenvalue weighted by Crippen LogP contribution is -2.15. The minimum absolute atomic E-state index is 0.179. The summed E-state index contributed by atoms with van der Waals surface area (Å²) in [4.78, 5) is 0. The summed E-state index contributed by atoms with van der Waals surface area (Å²) in [6, 6.07) is 53.1. The molecule has 0 spiro atoms. The number of benzene rings is 7. The molecule has 7 aromatic carbocycles. The summed E-state index contributed by atoms with van der Waals surface area (Å²) in [6.45, 7) is 4.73. The zero-order chi connectivity index (χ0) is 31.7. The molecule has 3 heteroatoms. The number of para-hydroxylation sites is 4. The van der Waals surface area contributed by atoms with E-state index in [0.29, 0.717) is 0 Å². The van der Waals surface area contributed by atoms with E-state index in [-0.39, 0.29) is 5.41 Å². The topological polar surface area (TPSA) is 23.0 Å². The fourth-order valence-corrected chi connectivity index (χ4v) is 8.66. The van der Waals surface area contributed by atoms with Gasteiger partial charge in [0.25, 0.3) is 0 Å². The van der Waals surface area contributed by atoms with Gasteiger partial charge in [0.15, 0.2) is 0 Å². The molecule has 0 unspecified atom stereocenters. The first-order chi connectivity index (χ1) is 23.6. The molecule has 11 rings (SSSR count). The number of nitrogens with zero attached hydrogens (tertiary/aromatic N) is 2. The molecular weight excluding hydrogens is 585 g/mol. The van der Waals surface area contributed by atoms with Crippen LogP contribution in [0, 0.1) is 0 Å². The van der Waals surface area contributed by atoms with Crippen molar-refractivity contribution in [2.75, 3.05) is 0 Å². The highest BCUT2D eigenvalue weighted by Gasteiger charge is 2.37. The van der Waals surface area contributed by atoms with Crippen molar-refractivity contribution in [3.8, 4) is 22.5 Å². The average molecular weight is 615 g/mol. The highest BCUT2D eigenvalue weighted by molar-refractivity contribution is 6.12. The number of aromatic nitrogens is 2. The molecule has 226 valence electrons. The van der Waals surface area contributed by atoms with Crippen molar-refractivity contribution in [2.45, 2.75) is 19.3 Å². The van der Waals surface area contributed by atoms with Crippen molar-refractivity contribution in [3.05, 3.63) is 157 Å². The van der Waals surface area contributed by atoms with Gasteiger partial charge in [0.2, 0.25) is 0 Å². The van der Waals surface area contributed by atoms with Gasteiger partial charge < -0.3 is 13.6 Å². The van der Waals surface area contributed by atoms with Gasteiger partial charge in [-0.3, -0.25) is 0 Å². The predicted octanol–water partition coefficient (Wildman–Crippen LogP) is 12.1. The van der Waals surface area contributed by atoms with E-state index in [1.165, 1.54) is 71.6 Å². The average Bonchev–Trinajstić information content (AvgIpc) is 3.82. The Bertz CT molecular complexity index is 2880. The standard InChI is InChI=1S/C45H30N2O/c1-45(2)37-24-28(47-41-17-9-5-13-32(41)33-14-6-10-18-42(33)47)19-21-29(37)34-26-44-36(25-38(34)45)35-23-27(20-22-43(35)48-44)46-39-15-7-3-11-30(39)31-12-4-8-16-40(31)46/h3-26H,1-2H3. The third kappa shape index (κ3) is 3.28. The number of fused-ring (bicyclic) bond motifs is 12. The van der Waals surface area contributed by atoms with Crippen molar-refractivity contribution in [1.29, 1.82) is 0 Å². The molecule has 3 nitrogen and oxygen atoms in total. The Labute approximate surface area is 276 Å². The van der Waals surface area contributed by atoms with Gasteiger partial charge in [-0.05, 0) is 89.0 Å². The Morgan fingerprint density at radius 2 is 0.854 bits per heavy atom. The van der Waals surface area contributed by atoms with E-state index in [1.807, 2.05) is 0 Å². The summed E-state index contributed by atoms with van der Waals surface area (Å²) in [5.74, 6) is 0. The summed E-state index contributed by atoms with van der Waals surface area (Å²) in [5, 5.41) is 7.40. The number of rotatable bonds is 2. The Balaban J connectivity index is 1.10. The van der Waals surface area contributed by atoms with Crippen LogP contribution in [-0.4, -0.2) is 9.13 Å². The van der Waals surface area contributed by atoms with E-state index < -0.39 is 0 Å². The molecule has 1 aliphatic carbocycles. The monoisotopic (exact) mass is 614 g/mol. The minimum Gasteiger partial charge on any atom is -0.456 e. The van der Waals surface area contributed by atoms with Crippen LogP contribution in [0.5, 0.6) is 0 Å². The second kappa shape index (κ2) is 9.05. The maximum Gasteiger partial charge on any atom is 0.136 e. The molecule has 0 atom stereocenters. The third-order valence-corrected chi connectivity index (χ3v) is 10.9. The molecule has 0 N–H and O–H groups in total. The van der Waals surface area contributed by atoms with Crippen LogP contribution in [0.25, 0.3) is 88.1 Å². The first-order valence-electron chi connectivity index (χ1n) is 16.7. The van der Waals surface area contributed by atoms with E-state index >= 15 is 0 Å². The van der Waals surface area contributed by atoms with Crippen molar-refractivity contribution in [1.82, 2.24) is 9.13 Å². The zero-order valence-corrected chi connectivity index (χ0v) is 26.7. The molecule has 0 saturated carbocycles. The molecule has 3 heterocycles. The predicted molar refractivity (Wildman–Crippen MR) is 200 cm³/mol. The van der Waals surface area contributed by atoms with Crippen molar-refractivity contribution in [3.63, 3.8) is 0 Å². The van der Waals surface area contributed by atoms with Crippen LogP contribution in [0.1, 0.15) is 25.0 Å². The van der Waals surface area contributed by atoms with Crippen LogP contribution < -0.4 is 0 Å². The first kappa shape index (κ1) is 26.1. The molecule has 0 amide bonds. The van der Waals surface area contributed by atoms with E-state index in [0.717, 1.165) is 27.6 Å². The highest BCUT2D eigenvalue weighted by Crippen LogP contribution is 2.52. The van der Waals surface area contributed by atoms with Gasteiger partial charge in [0.05, 0.1) is 22.1 Å². The Morgan fingerprint density at radius 1 is 0.396 bits per heavy atom. The lowest BCUT2D eigenvalue weighted by Gasteiger charge is -2.22. The normalized spacial score (nSPS) is 13.8. The molecule has 48 heavy (non-hydrogen) atoms. The van der Waals surface area contributed by atoms with Crippen LogP contribution in [0.2, 0.25) is 0 Å². The lowest BCUT2D eigenvalue weighted by molar-refractivity contribution is 0.657. The molecule has 0 fully saturated rings. The van der Waals surface area contributed by atoms with Crippen molar-refractivity contribution >= 4 is 65.6 Å². The van der Waals surface area contributed by atoms with Gasteiger partial charge in [-0.2, -0.15) is 0 Å². The van der Waals surface area contributed by atoms with Gasteiger partial charge in [-0.25, -0.2) is 0 Å². The van der Waals surface area contributed by atoms with Crippen LogP contribution in [0.15, 0.2) is 150 Å². The minimum atomic E-state index is -0.179. The SMILES string of the molecule is CC1(C)c2cc(-n3c4ccccc4c4ccccc43)ccc2-c2cc3oc4ccc(-n5c6ccccc6c6ccccc65)cc4c3cc21. The summed E-state index contributed by atoms with van der Waals surface area (Å²) in [5.41, 5.74) is 14.1. The Morgan fingerprint density at radius 3 is 1.42 bits per heavy atom. The van der Waals surface area contributed by atoms with Crippen LogP contribution in [0.4, 0.5) is 0 Å². The molecule has 1 aliphatic rings. The molecule has 0 aliphatic heterocycles. The Kier molecular flexibility index (Phi) is 4.91. The number of furan rings is 1. The van der Waals surface area contributed by atoms with Gasteiger partial charge in [-0.1, -0.05) is 92.7 Å². The van der Waals surface area contributed by atoms with Gasteiger partial charge in [0, 0.05) is 49.1 Å². The van der Waals surface area contributed by atoms with Crippen LogP contribution >= 0.6 is 0 Å². The number of hydrogen-bond donors (Lipinski definition) is 0. The summed E-state index contributed by atoms with van der Waals surface area (Å²) in [7, 11) is 0. The molecule has 0 saturated heterocycles. The van der Waals surface area contributed by atoms with Gasteiger partial charge in [0.1, 0.15) is 11.2 Å². The summed E-state index contributed by atoms with van der Waals surface area (Å²) < 4.78 is 11.4. The second-order valence-corrected chi connectivity index (χ2v) is 13.8. The van der Waals surface area contributed by atoms with E-state index in [4.69, 9.17) is 4.42 Å². The summed E-state index contributed by atoms with van der Waals surface area (Å²) in [6.07, 6.45) is 0. The molecule has 0 radical (unpaired) electrons. The molecule has 10 aromatic rings. The largest absolute Gasteiger partial charge is 0.456 e. The second-order valence-electron chi connectivity index (χ2n) is 13.8. The molecular formula is C45H30N2O. The summed E-state index contributed by atoms with van der Waals surface area (Å²) >= 11 is 0. The van der Waals surface area contributed by atoms with Crippen LogP contribution in [0.3, 0.4) is 0 Å². The van der Waals surface area contributed by atoms with E-state index in [1.54, 1.807) is 0 Å². The van der Waals surface area contributed by atoms with Crippen molar-refractivity contribution in [2.24, 2.45) is 0 Å². The van der Waals surface area contributed by atoms with Crippen LogP contribution in [-0.2, 0) is 5.41 Å². The first-order valence-corrected chi connectivity index (χ1v) is 16.7. The highest BCUT2D eigenvalue weighted by atomic mass is 16.3. The Hall–Kier alpha value is -6.06. The fraction of sp³-hybridized carbons (Fsp3) is 0.0667. The fourth-order valence-electron chi connectivity index (χ4n) is 8.66. The number of hydrogen-bond acceptors (Lipinski definition) is 1. The maximum atomic E-state index is 6.57. The van der Waals surface area contributed by atoms with E-state index in [9.17, 15) is 0 Å². The van der Waals surface area contributed by atoms with Gasteiger partial charge >= 0.3 is 0 Å². The molecule has 0 bridgehead atoms. The third-order valence-electron chi connectivity index (χ3n) is 10.9. The molecule has 3 aromatic heterocycles. The quantitative estimate of drug-likeness (QED) is 0.190. The van der Waals surface area contributed by atoms with Crippen molar-refractivity contribution < 1.29 is 4.42 Å². The maximum absolute atomic E-state index is 6.57. The zero-order valence-electron chi connectivity index (χ0n) is 26.7. The smallest absolute Gasteiger partial charge is 0.136 e.